The topological polar surface area (TPSA) is 100 Å². The molecule has 0 bridgehead atoms. The summed E-state index contributed by atoms with van der Waals surface area (Å²) in [5.74, 6) is -0.394. The Morgan fingerprint density at radius 1 is 1.12 bits per heavy atom. The average molecular weight is 450 g/mol. The van der Waals surface area contributed by atoms with Crippen molar-refractivity contribution < 1.29 is 20.1 Å². The molecule has 3 aromatic rings. The van der Waals surface area contributed by atoms with Gasteiger partial charge in [-0.15, -0.1) is 0 Å². The summed E-state index contributed by atoms with van der Waals surface area (Å²) in [5.41, 5.74) is 5.21. The second kappa shape index (κ2) is 9.19. The fraction of sp³-hybridized carbons (Fsp3) is 0.346. The van der Waals surface area contributed by atoms with E-state index in [1.807, 2.05) is 4.90 Å². The lowest BCUT2D eigenvalue weighted by atomic mass is 9.79. The Hall–Kier alpha value is -3.45. The molecular weight excluding hydrogens is 418 g/mol. The Morgan fingerprint density at radius 2 is 1.88 bits per heavy atom. The minimum absolute atomic E-state index is 0.0445. The van der Waals surface area contributed by atoms with Crippen molar-refractivity contribution in [3.05, 3.63) is 59.8 Å². The van der Waals surface area contributed by atoms with Crippen LogP contribution in [-0.2, 0) is 11.2 Å². The van der Waals surface area contributed by atoms with Gasteiger partial charge in [-0.3, -0.25) is 9.69 Å². The highest BCUT2D eigenvalue weighted by molar-refractivity contribution is 5.99. The molecule has 2 aliphatic rings. The number of aromatic nitrogens is 1. The Kier molecular flexibility index (Phi) is 6.33. The van der Waals surface area contributed by atoms with Gasteiger partial charge in [-0.2, -0.15) is 0 Å². The number of fused-ring (bicyclic) bond motifs is 2. The molecule has 1 aromatic heterocycles. The molecule has 0 fully saturated rings. The van der Waals surface area contributed by atoms with Crippen molar-refractivity contribution in [3.63, 3.8) is 0 Å². The standard InChI is InChI=1S/C20H25N3O.C6H6O3/c1-4-23(5-2)20(24)14-9-16-15-7-6-8-17-19(15)13(11-21-17)10-18(16)22(3)12-14;7-4-1-2-5(8)6(9)3-4/h6-9,11,14,18,21H,4-5,10,12H2,1-3H3;1-3,7-9H/t14-,18-;/m1./s1. The monoisotopic (exact) mass is 449 g/mol. The number of benzene rings is 2. The van der Waals surface area contributed by atoms with Gasteiger partial charge in [0.2, 0.25) is 5.91 Å². The predicted octanol–water partition coefficient (Wildman–Crippen LogP) is 3.71. The third-order valence-corrected chi connectivity index (χ3v) is 6.62. The van der Waals surface area contributed by atoms with Gasteiger partial charge in [-0.05, 0) is 62.2 Å². The average Bonchev–Trinajstić information content (AvgIpc) is 3.22. The molecule has 0 spiro atoms. The van der Waals surface area contributed by atoms with Crippen molar-refractivity contribution >= 4 is 22.4 Å². The molecule has 174 valence electrons. The van der Waals surface area contributed by atoms with Crippen molar-refractivity contribution in [2.45, 2.75) is 26.3 Å². The highest BCUT2D eigenvalue weighted by Gasteiger charge is 2.36. The number of nitrogens with zero attached hydrogens (tertiary/aromatic N) is 2. The van der Waals surface area contributed by atoms with Crippen molar-refractivity contribution in [1.82, 2.24) is 14.8 Å². The van der Waals surface area contributed by atoms with E-state index in [1.54, 1.807) is 0 Å². The fourth-order valence-electron chi connectivity index (χ4n) is 4.89. The molecule has 2 aromatic carbocycles. The summed E-state index contributed by atoms with van der Waals surface area (Å²) < 4.78 is 0. The van der Waals surface area contributed by atoms with E-state index < -0.39 is 0 Å². The number of aromatic amines is 1. The number of hydrogen-bond acceptors (Lipinski definition) is 5. The van der Waals surface area contributed by atoms with Gasteiger partial charge in [-0.25, -0.2) is 0 Å². The number of carbonyl (C=O) groups excluding carboxylic acids is 1. The van der Waals surface area contributed by atoms with Crippen molar-refractivity contribution in [2.75, 3.05) is 26.7 Å². The van der Waals surface area contributed by atoms with Crippen LogP contribution in [0.3, 0.4) is 0 Å². The number of carbonyl (C=O) groups is 1. The first-order valence-corrected chi connectivity index (χ1v) is 11.3. The Morgan fingerprint density at radius 3 is 2.55 bits per heavy atom. The fourth-order valence-corrected chi connectivity index (χ4v) is 4.89. The zero-order chi connectivity index (χ0) is 23.7. The maximum atomic E-state index is 12.9. The van der Waals surface area contributed by atoms with Crippen molar-refractivity contribution in [1.29, 1.82) is 0 Å². The molecule has 1 aliphatic heterocycles. The Bertz CT molecular complexity index is 1200. The molecular formula is C26H31N3O4. The molecule has 1 amide bonds. The van der Waals surface area contributed by atoms with E-state index in [0.29, 0.717) is 6.04 Å². The van der Waals surface area contributed by atoms with Crippen LogP contribution in [0.2, 0.25) is 0 Å². The number of phenols is 3. The number of hydrogen-bond donors (Lipinski definition) is 4. The molecule has 0 saturated carbocycles. The number of likely N-dealkylation sites (N-methyl/N-ethyl adjacent to an activating group) is 1. The van der Waals surface area contributed by atoms with Gasteiger partial charge in [-0.1, -0.05) is 18.2 Å². The highest BCUT2D eigenvalue weighted by atomic mass is 16.3. The number of aromatic hydroxyl groups is 3. The first kappa shape index (κ1) is 22.7. The summed E-state index contributed by atoms with van der Waals surface area (Å²) in [6, 6.07) is 10.4. The maximum Gasteiger partial charge on any atom is 0.230 e. The third-order valence-electron chi connectivity index (χ3n) is 6.62. The molecule has 2 heterocycles. The summed E-state index contributed by atoms with van der Waals surface area (Å²) in [4.78, 5) is 20.6. The van der Waals surface area contributed by atoms with Crippen molar-refractivity contribution in [2.24, 2.45) is 5.92 Å². The molecule has 0 radical (unpaired) electrons. The van der Waals surface area contributed by atoms with Gasteiger partial charge in [0.15, 0.2) is 11.5 Å². The second-order valence-corrected chi connectivity index (χ2v) is 8.61. The van der Waals surface area contributed by atoms with Gasteiger partial charge >= 0.3 is 0 Å². The van der Waals surface area contributed by atoms with Gasteiger partial charge < -0.3 is 25.2 Å². The van der Waals surface area contributed by atoms with Gasteiger partial charge in [0.1, 0.15) is 5.75 Å². The van der Waals surface area contributed by atoms with Crippen LogP contribution >= 0.6 is 0 Å². The summed E-state index contributed by atoms with van der Waals surface area (Å²) >= 11 is 0. The quantitative estimate of drug-likeness (QED) is 0.361. The van der Waals surface area contributed by atoms with Gasteiger partial charge in [0.25, 0.3) is 0 Å². The largest absolute Gasteiger partial charge is 0.508 e. The zero-order valence-electron chi connectivity index (χ0n) is 19.2. The van der Waals surface area contributed by atoms with E-state index in [-0.39, 0.29) is 29.1 Å². The molecule has 4 N–H and O–H groups in total. The van der Waals surface area contributed by atoms with E-state index in [0.717, 1.165) is 32.1 Å². The van der Waals surface area contributed by atoms with E-state index >= 15 is 0 Å². The van der Waals surface area contributed by atoms with E-state index in [2.05, 4.69) is 61.3 Å². The van der Waals surface area contributed by atoms with Crippen LogP contribution in [0.25, 0.3) is 16.5 Å². The van der Waals surface area contributed by atoms with E-state index in [4.69, 9.17) is 15.3 Å². The minimum atomic E-state index is -0.310. The summed E-state index contributed by atoms with van der Waals surface area (Å²) in [7, 11) is 2.15. The van der Waals surface area contributed by atoms with Crippen LogP contribution < -0.4 is 0 Å². The normalized spacial score (nSPS) is 19.3. The second-order valence-electron chi connectivity index (χ2n) is 8.61. The molecule has 0 saturated heterocycles. The first-order chi connectivity index (χ1) is 15.8. The van der Waals surface area contributed by atoms with Crippen LogP contribution in [-0.4, -0.2) is 68.7 Å². The summed E-state index contributed by atoms with van der Waals surface area (Å²) in [5, 5.41) is 27.4. The number of amides is 1. The SMILES string of the molecule is CCN(CC)C(=O)[C@@H]1C=C2c3cccc4[nH]cc(c34)C[C@H]2N(C)C1.Oc1ccc(O)c(O)c1. The Labute approximate surface area is 193 Å². The number of phenolic OH excluding ortho intramolecular Hbond substituents is 3. The summed E-state index contributed by atoms with van der Waals surface area (Å²) in [6.45, 7) is 6.47. The van der Waals surface area contributed by atoms with Gasteiger partial charge in [0, 0.05) is 48.8 Å². The highest BCUT2D eigenvalue weighted by Crippen LogP contribution is 2.41. The third kappa shape index (κ3) is 4.28. The molecule has 33 heavy (non-hydrogen) atoms. The molecule has 1 aliphatic carbocycles. The lowest BCUT2D eigenvalue weighted by Gasteiger charge is -2.40. The summed E-state index contributed by atoms with van der Waals surface area (Å²) in [6.07, 6.45) is 5.41. The lowest BCUT2D eigenvalue weighted by Crippen LogP contribution is -2.47. The van der Waals surface area contributed by atoms with Crippen molar-refractivity contribution in [3.8, 4) is 17.2 Å². The Balaban J connectivity index is 0.000000243. The van der Waals surface area contributed by atoms with Crippen LogP contribution in [0.1, 0.15) is 25.0 Å². The number of H-pyrrole nitrogens is 1. The first-order valence-electron chi connectivity index (χ1n) is 11.3. The maximum absolute atomic E-state index is 12.9. The van der Waals surface area contributed by atoms with Crippen LogP contribution in [0.15, 0.2) is 48.7 Å². The zero-order valence-corrected chi connectivity index (χ0v) is 19.2. The molecule has 5 rings (SSSR count). The van der Waals surface area contributed by atoms with E-state index in [1.165, 1.54) is 39.7 Å². The van der Waals surface area contributed by atoms with Crippen LogP contribution in [0, 0.1) is 5.92 Å². The number of rotatable bonds is 3. The molecule has 0 unspecified atom stereocenters. The van der Waals surface area contributed by atoms with Crippen LogP contribution in [0.4, 0.5) is 0 Å². The van der Waals surface area contributed by atoms with E-state index in [9.17, 15) is 4.79 Å². The smallest absolute Gasteiger partial charge is 0.230 e. The van der Waals surface area contributed by atoms with Gasteiger partial charge in [0.05, 0.1) is 5.92 Å². The molecule has 2 atom stereocenters. The molecule has 7 nitrogen and oxygen atoms in total. The lowest BCUT2D eigenvalue weighted by molar-refractivity contribution is -0.134. The van der Waals surface area contributed by atoms with Crippen LogP contribution in [0.5, 0.6) is 17.2 Å². The minimum Gasteiger partial charge on any atom is -0.508 e. The molecule has 7 heteroatoms. The number of nitrogens with one attached hydrogen (secondary N) is 1. The predicted molar refractivity (Wildman–Crippen MR) is 129 cm³/mol.